The molecule has 6 nitrogen and oxygen atoms in total. The highest BCUT2D eigenvalue weighted by atomic mass is 16.5. The van der Waals surface area contributed by atoms with Gasteiger partial charge in [0.1, 0.15) is 5.75 Å². The molecule has 0 spiro atoms. The monoisotopic (exact) mass is 288 g/mol. The average Bonchev–Trinajstić information content (AvgIpc) is 3.25. The third-order valence-electron chi connectivity index (χ3n) is 3.15. The van der Waals surface area contributed by atoms with Crippen molar-refractivity contribution in [1.82, 2.24) is 10.1 Å². The summed E-state index contributed by atoms with van der Waals surface area (Å²) >= 11 is 0. The maximum Gasteiger partial charge on any atom is 0.338 e. The second-order valence-corrected chi connectivity index (χ2v) is 4.85. The standard InChI is InChI=1S/C15H16N2O4/c1-2-19-15(18)11-5-7-12(8-6-11)20-9-13-16-14(17-21-13)10-3-4-10/h5-8,10H,2-4,9H2,1H3. The summed E-state index contributed by atoms with van der Waals surface area (Å²) in [5, 5.41) is 3.92. The maximum absolute atomic E-state index is 11.5. The Kier molecular flexibility index (Phi) is 3.85. The highest BCUT2D eigenvalue weighted by molar-refractivity contribution is 5.89. The normalized spacial score (nSPS) is 14.0. The number of rotatable bonds is 6. The quantitative estimate of drug-likeness (QED) is 0.761. The molecule has 0 radical (unpaired) electrons. The molecule has 110 valence electrons. The second kappa shape index (κ2) is 5.95. The summed E-state index contributed by atoms with van der Waals surface area (Å²) in [6.07, 6.45) is 2.27. The fourth-order valence-corrected chi connectivity index (χ4v) is 1.88. The zero-order valence-corrected chi connectivity index (χ0v) is 11.7. The minimum Gasteiger partial charge on any atom is -0.484 e. The van der Waals surface area contributed by atoms with Crippen LogP contribution >= 0.6 is 0 Å². The Bertz CT molecular complexity index is 617. The molecule has 0 bridgehead atoms. The Morgan fingerprint density at radius 3 is 2.76 bits per heavy atom. The van der Waals surface area contributed by atoms with Crippen molar-refractivity contribution in [2.75, 3.05) is 6.61 Å². The molecule has 6 heteroatoms. The van der Waals surface area contributed by atoms with E-state index in [0.29, 0.717) is 29.7 Å². The summed E-state index contributed by atoms with van der Waals surface area (Å²) in [6, 6.07) is 6.75. The Morgan fingerprint density at radius 2 is 2.10 bits per heavy atom. The number of hydrogen-bond acceptors (Lipinski definition) is 6. The Hall–Kier alpha value is -2.37. The van der Waals surface area contributed by atoms with E-state index in [1.54, 1.807) is 31.2 Å². The third kappa shape index (κ3) is 3.39. The van der Waals surface area contributed by atoms with Gasteiger partial charge >= 0.3 is 5.97 Å². The van der Waals surface area contributed by atoms with Gasteiger partial charge in [-0.3, -0.25) is 0 Å². The summed E-state index contributed by atoms with van der Waals surface area (Å²) < 4.78 is 15.6. The van der Waals surface area contributed by atoms with E-state index in [0.717, 1.165) is 18.7 Å². The molecule has 0 N–H and O–H groups in total. The Morgan fingerprint density at radius 1 is 1.33 bits per heavy atom. The molecule has 1 aliphatic carbocycles. The first-order valence-corrected chi connectivity index (χ1v) is 6.98. The fraction of sp³-hybridized carbons (Fsp3) is 0.400. The Balaban J connectivity index is 1.55. The molecule has 1 aromatic heterocycles. The van der Waals surface area contributed by atoms with Crippen LogP contribution in [0.1, 0.15) is 47.8 Å². The van der Waals surface area contributed by atoms with Gasteiger partial charge < -0.3 is 14.0 Å². The van der Waals surface area contributed by atoms with Crippen LogP contribution in [0.2, 0.25) is 0 Å². The van der Waals surface area contributed by atoms with E-state index < -0.39 is 0 Å². The lowest BCUT2D eigenvalue weighted by Gasteiger charge is -2.04. The van der Waals surface area contributed by atoms with E-state index in [1.165, 1.54) is 0 Å². The van der Waals surface area contributed by atoms with Gasteiger partial charge in [-0.15, -0.1) is 0 Å². The van der Waals surface area contributed by atoms with Crippen LogP contribution in [0.25, 0.3) is 0 Å². The number of esters is 1. The molecule has 1 saturated carbocycles. The van der Waals surface area contributed by atoms with Crippen LogP contribution < -0.4 is 4.74 Å². The van der Waals surface area contributed by atoms with Gasteiger partial charge in [0.15, 0.2) is 12.4 Å². The number of carbonyl (C=O) groups is 1. The van der Waals surface area contributed by atoms with Crippen molar-refractivity contribution in [3.05, 3.63) is 41.5 Å². The topological polar surface area (TPSA) is 74.5 Å². The molecule has 21 heavy (non-hydrogen) atoms. The molecule has 3 rings (SSSR count). The minimum atomic E-state index is -0.338. The van der Waals surface area contributed by atoms with Crippen LogP contribution in [0.3, 0.4) is 0 Å². The van der Waals surface area contributed by atoms with Crippen molar-refractivity contribution < 1.29 is 18.8 Å². The minimum absolute atomic E-state index is 0.221. The number of carbonyl (C=O) groups excluding carboxylic acids is 1. The summed E-state index contributed by atoms with van der Waals surface area (Å²) in [5.74, 6) is 1.99. The number of ether oxygens (including phenoxy) is 2. The van der Waals surface area contributed by atoms with Gasteiger partial charge in [0, 0.05) is 5.92 Å². The molecule has 0 unspecified atom stereocenters. The van der Waals surface area contributed by atoms with E-state index in [4.69, 9.17) is 14.0 Å². The molecule has 1 aromatic carbocycles. The van der Waals surface area contributed by atoms with Crippen LogP contribution in [-0.2, 0) is 11.3 Å². The van der Waals surface area contributed by atoms with Crippen LogP contribution in [0, 0.1) is 0 Å². The van der Waals surface area contributed by atoms with E-state index in [9.17, 15) is 4.79 Å². The second-order valence-electron chi connectivity index (χ2n) is 4.85. The van der Waals surface area contributed by atoms with Crippen LogP contribution in [0.4, 0.5) is 0 Å². The van der Waals surface area contributed by atoms with E-state index in [-0.39, 0.29) is 12.6 Å². The lowest BCUT2D eigenvalue weighted by atomic mass is 10.2. The molecule has 1 heterocycles. The van der Waals surface area contributed by atoms with Crippen LogP contribution in [0.5, 0.6) is 5.75 Å². The van der Waals surface area contributed by atoms with Crippen molar-refractivity contribution in [2.45, 2.75) is 32.3 Å². The predicted octanol–water partition coefficient (Wildman–Crippen LogP) is 2.70. The summed E-state index contributed by atoms with van der Waals surface area (Å²) in [5.41, 5.74) is 0.498. The van der Waals surface area contributed by atoms with E-state index in [1.807, 2.05) is 0 Å². The van der Waals surface area contributed by atoms with Crippen molar-refractivity contribution in [3.63, 3.8) is 0 Å². The van der Waals surface area contributed by atoms with Crippen molar-refractivity contribution in [2.24, 2.45) is 0 Å². The number of benzene rings is 1. The summed E-state index contributed by atoms with van der Waals surface area (Å²) in [6.45, 7) is 2.35. The van der Waals surface area contributed by atoms with Crippen LogP contribution in [0.15, 0.2) is 28.8 Å². The molecule has 0 saturated heterocycles. The van der Waals surface area contributed by atoms with Gasteiger partial charge in [0.2, 0.25) is 0 Å². The lowest BCUT2D eigenvalue weighted by Crippen LogP contribution is -2.04. The number of aromatic nitrogens is 2. The SMILES string of the molecule is CCOC(=O)c1ccc(OCc2nc(C3CC3)no2)cc1. The third-order valence-corrected chi connectivity index (χ3v) is 3.15. The van der Waals surface area contributed by atoms with Gasteiger partial charge in [0.25, 0.3) is 5.89 Å². The predicted molar refractivity (Wildman–Crippen MR) is 73.0 cm³/mol. The molecular weight excluding hydrogens is 272 g/mol. The maximum atomic E-state index is 11.5. The number of nitrogens with zero attached hydrogens (tertiary/aromatic N) is 2. The molecule has 0 aliphatic heterocycles. The zero-order chi connectivity index (χ0) is 14.7. The lowest BCUT2D eigenvalue weighted by molar-refractivity contribution is 0.0526. The van der Waals surface area contributed by atoms with Gasteiger partial charge in [-0.2, -0.15) is 4.98 Å². The Labute approximate surface area is 122 Å². The highest BCUT2D eigenvalue weighted by Crippen LogP contribution is 2.38. The van der Waals surface area contributed by atoms with E-state index in [2.05, 4.69) is 10.1 Å². The first-order valence-electron chi connectivity index (χ1n) is 6.98. The van der Waals surface area contributed by atoms with Crippen molar-refractivity contribution in [1.29, 1.82) is 0 Å². The molecule has 2 aromatic rings. The summed E-state index contributed by atoms with van der Waals surface area (Å²) in [7, 11) is 0. The van der Waals surface area contributed by atoms with Crippen molar-refractivity contribution >= 4 is 5.97 Å². The van der Waals surface area contributed by atoms with Crippen LogP contribution in [-0.4, -0.2) is 22.7 Å². The number of hydrogen-bond donors (Lipinski definition) is 0. The largest absolute Gasteiger partial charge is 0.484 e. The first-order chi connectivity index (χ1) is 10.3. The van der Waals surface area contributed by atoms with Gasteiger partial charge in [-0.05, 0) is 44.0 Å². The molecule has 1 aliphatic rings. The molecule has 1 fully saturated rings. The fourth-order valence-electron chi connectivity index (χ4n) is 1.88. The van der Waals surface area contributed by atoms with Gasteiger partial charge in [0.05, 0.1) is 12.2 Å². The summed E-state index contributed by atoms with van der Waals surface area (Å²) in [4.78, 5) is 15.8. The average molecular weight is 288 g/mol. The molecular formula is C15H16N2O4. The first kappa shape index (κ1) is 13.6. The zero-order valence-electron chi connectivity index (χ0n) is 11.7. The highest BCUT2D eigenvalue weighted by Gasteiger charge is 2.28. The molecule has 0 amide bonds. The van der Waals surface area contributed by atoms with Gasteiger partial charge in [-0.1, -0.05) is 5.16 Å². The molecule has 0 atom stereocenters. The smallest absolute Gasteiger partial charge is 0.338 e. The van der Waals surface area contributed by atoms with E-state index >= 15 is 0 Å². The van der Waals surface area contributed by atoms with Crippen molar-refractivity contribution in [3.8, 4) is 5.75 Å². The van der Waals surface area contributed by atoms with Gasteiger partial charge in [-0.25, -0.2) is 4.79 Å².